The zero-order valence-electron chi connectivity index (χ0n) is 16.9. The third-order valence-electron chi connectivity index (χ3n) is 4.95. The molecule has 0 spiro atoms. The van der Waals surface area contributed by atoms with Crippen molar-refractivity contribution >= 4 is 26.8 Å². The fourth-order valence-corrected chi connectivity index (χ4v) is 4.59. The van der Waals surface area contributed by atoms with Gasteiger partial charge in [0, 0.05) is 11.6 Å². The summed E-state index contributed by atoms with van der Waals surface area (Å²) >= 11 is 0. The Kier molecular flexibility index (Phi) is 5.85. The van der Waals surface area contributed by atoms with Crippen LogP contribution in [-0.2, 0) is 21.2 Å². The summed E-state index contributed by atoms with van der Waals surface area (Å²) in [7, 11) is -4.04. The number of nitrogens with two attached hydrogens (primary N) is 1. The lowest BCUT2D eigenvalue weighted by Gasteiger charge is -2.16. The SMILES string of the molecule is NC(=O)[C@@H](Cc1cn(O)c2ccccc12)NS(=O)(=O)c1ccc(Oc2ccccc2)cc1. The molecule has 0 radical (unpaired) electrons. The molecule has 4 rings (SSSR count). The normalized spacial score (nSPS) is 12.5. The van der Waals surface area contributed by atoms with Gasteiger partial charge in [0.15, 0.2) is 0 Å². The number of amides is 1. The van der Waals surface area contributed by atoms with Crippen molar-refractivity contribution in [1.82, 2.24) is 9.45 Å². The Morgan fingerprint density at radius 1 is 0.969 bits per heavy atom. The van der Waals surface area contributed by atoms with E-state index in [1.165, 1.54) is 30.5 Å². The Bertz CT molecular complexity index is 1350. The van der Waals surface area contributed by atoms with Gasteiger partial charge >= 0.3 is 0 Å². The molecule has 0 aliphatic carbocycles. The molecular formula is C23H21N3O5S. The monoisotopic (exact) mass is 451 g/mol. The highest BCUT2D eigenvalue weighted by molar-refractivity contribution is 7.89. The van der Waals surface area contributed by atoms with Gasteiger partial charge in [0.05, 0.1) is 10.4 Å². The van der Waals surface area contributed by atoms with E-state index >= 15 is 0 Å². The van der Waals surface area contributed by atoms with E-state index < -0.39 is 22.0 Å². The first kappa shape index (κ1) is 21.4. The molecule has 1 atom stereocenters. The smallest absolute Gasteiger partial charge is 0.241 e. The van der Waals surface area contributed by atoms with Crippen LogP contribution in [0.15, 0.2) is 90.0 Å². The number of para-hydroxylation sites is 2. The van der Waals surface area contributed by atoms with Gasteiger partial charge in [-0.3, -0.25) is 4.79 Å². The van der Waals surface area contributed by atoms with Crippen molar-refractivity contribution in [3.8, 4) is 11.5 Å². The first-order valence-electron chi connectivity index (χ1n) is 9.76. The summed E-state index contributed by atoms with van der Waals surface area (Å²) in [5.41, 5.74) is 6.60. The third-order valence-corrected chi connectivity index (χ3v) is 6.44. The number of carbonyl (C=O) groups excluding carboxylic acids is 1. The highest BCUT2D eigenvalue weighted by atomic mass is 32.2. The molecule has 1 heterocycles. The van der Waals surface area contributed by atoms with Crippen molar-refractivity contribution < 1.29 is 23.2 Å². The molecule has 0 aliphatic rings. The molecule has 4 N–H and O–H groups in total. The molecule has 32 heavy (non-hydrogen) atoms. The lowest BCUT2D eigenvalue weighted by molar-refractivity contribution is -0.119. The summed E-state index contributed by atoms with van der Waals surface area (Å²) < 4.78 is 34.7. The fraction of sp³-hybridized carbons (Fsp3) is 0.0870. The van der Waals surface area contributed by atoms with Gasteiger partial charge < -0.3 is 15.7 Å². The molecule has 0 unspecified atom stereocenters. The number of primary amides is 1. The van der Waals surface area contributed by atoms with Crippen LogP contribution in [0.3, 0.4) is 0 Å². The van der Waals surface area contributed by atoms with E-state index in [-0.39, 0.29) is 11.3 Å². The van der Waals surface area contributed by atoms with Gasteiger partial charge in [-0.25, -0.2) is 8.42 Å². The number of ether oxygens (including phenoxy) is 1. The van der Waals surface area contributed by atoms with Gasteiger partial charge in [0.1, 0.15) is 17.5 Å². The largest absolute Gasteiger partial charge is 0.457 e. The van der Waals surface area contributed by atoms with Crippen LogP contribution in [0.2, 0.25) is 0 Å². The lowest BCUT2D eigenvalue weighted by Crippen LogP contribution is -2.45. The molecule has 1 amide bonds. The quantitative estimate of drug-likeness (QED) is 0.355. The molecule has 0 saturated carbocycles. The lowest BCUT2D eigenvalue weighted by atomic mass is 10.1. The van der Waals surface area contributed by atoms with E-state index in [0.717, 1.165) is 4.73 Å². The van der Waals surface area contributed by atoms with E-state index in [9.17, 15) is 18.4 Å². The van der Waals surface area contributed by atoms with Crippen LogP contribution in [0, 0.1) is 0 Å². The third kappa shape index (κ3) is 4.58. The maximum Gasteiger partial charge on any atom is 0.241 e. The average molecular weight is 452 g/mol. The van der Waals surface area contributed by atoms with Crippen LogP contribution in [0.5, 0.6) is 11.5 Å². The van der Waals surface area contributed by atoms with Crippen LogP contribution in [-0.4, -0.2) is 30.3 Å². The first-order chi connectivity index (χ1) is 15.3. The van der Waals surface area contributed by atoms with E-state index in [2.05, 4.69) is 4.72 Å². The number of aromatic nitrogens is 1. The Balaban J connectivity index is 1.52. The van der Waals surface area contributed by atoms with Gasteiger partial charge in [-0.05, 0) is 54.4 Å². The second-order valence-corrected chi connectivity index (χ2v) is 8.90. The minimum Gasteiger partial charge on any atom is -0.457 e. The maximum atomic E-state index is 12.9. The van der Waals surface area contributed by atoms with Crippen LogP contribution in [0.25, 0.3) is 10.9 Å². The maximum absolute atomic E-state index is 12.9. The van der Waals surface area contributed by atoms with Gasteiger partial charge in [-0.15, -0.1) is 0 Å². The minimum absolute atomic E-state index is 0.0160. The molecule has 0 fully saturated rings. The Hall–Kier alpha value is -3.82. The Morgan fingerprint density at radius 3 is 2.28 bits per heavy atom. The zero-order chi connectivity index (χ0) is 22.7. The van der Waals surface area contributed by atoms with Crippen LogP contribution >= 0.6 is 0 Å². The molecule has 0 aliphatic heterocycles. The van der Waals surface area contributed by atoms with E-state index in [0.29, 0.717) is 28.0 Å². The summed E-state index contributed by atoms with van der Waals surface area (Å²) in [4.78, 5) is 12.0. The first-order valence-corrected chi connectivity index (χ1v) is 11.2. The van der Waals surface area contributed by atoms with Crippen molar-refractivity contribution in [3.63, 3.8) is 0 Å². The highest BCUT2D eigenvalue weighted by Gasteiger charge is 2.26. The van der Waals surface area contributed by atoms with E-state index in [1.54, 1.807) is 36.4 Å². The molecule has 0 bridgehead atoms. The highest BCUT2D eigenvalue weighted by Crippen LogP contribution is 2.24. The molecule has 0 saturated heterocycles. The predicted octanol–water partition coefficient (Wildman–Crippen LogP) is 3.05. The number of rotatable bonds is 8. The van der Waals surface area contributed by atoms with Crippen molar-refractivity contribution in [2.75, 3.05) is 0 Å². The predicted molar refractivity (Wildman–Crippen MR) is 119 cm³/mol. The van der Waals surface area contributed by atoms with Gasteiger partial charge in [-0.2, -0.15) is 9.45 Å². The fourth-order valence-electron chi connectivity index (χ4n) is 3.38. The van der Waals surface area contributed by atoms with Crippen molar-refractivity contribution in [1.29, 1.82) is 0 Å². The van der Waals surface area contributed by atoms with Gasteiger partial charge in [-0.1, -0.05) is 36.4 Å². The Labute approximate surface area is 184 Å². The molecule has 3 aromatic carbocycles. The molecule has 4 aromatic rings. The van der Waals surface area contributed by atoms with Crippen LogP contribution < -0.4 is 15.2 Å². The number of hydrogen-bond donors (Lipinski definition) is 3. The summed E-state index contributed by atoms with van der Waals surface area (Å²) in [5.74, 6) is 0.266. The van der Waals surface area contributed by atoms with Gasteiger partial charge in [0.2, 0.25) is 15.9 Å². The molecule has 164 valence electrons. The topological polar surface area (TPSA) is 124 Å². The summed E-state index contributed by atoms with van der Waals surface area (Å²) in [6, 6.07) is 20.8. The number of nitrogens with zero attached hydrogens (tertiary/aromatic N) is 1. The average Bonchev–Trinajstić information content (AvgIpc) is 3.10. The van der Waals surface area contributed by atoms with Crippen molar-refractivity contribution in [3.05, 3.63) is 90.6 Å². The number of hydrogen-bond acceptors (Lipinski definition) is 5. The van der Waals surface area contributed by atoms with Crippen molar-refractivity contribution in [2.45, 2.75) is 17.4 Å². The molecule has 9 heteroatoms. The number of fused-ring (bicyclic) bond motifs is 1. The summed E-state index contributed by atoms with van der Waals surface area (Å²) in [5, 5.41) is 10.7. The second kappa shape index (κ2) is 8.74. The number of nitrogens with one attached hydrogen (secondary N) is 1. The second-order valence-electron chi connectivity index (χ2n) is 7.18. The number of carbonyl (C=O) groups is 1. The Morgan fingerprint density at radius 2 is 1.59 bits per heavy atom. The van der Waals surface area contributed by atoms with E-state index in [1.807, 2.05) is 18.2 Å². The molecule has 1 aromatic heterocycles. The standard InChI is InChI=1S/C23H21N3O5S/c24-23(27)21(14-16-15-26(28)22-9-5-4-8-20(16)22)25-32(29,30)19-12-10-18(11-13-19)31-17-6-2-1-3-7-17/h1-13,15,21,25,28H,14H2,(H2,24,27)/t21-/m1/s1. The molecule has 8 nitrogen and oxygen atoms in total. The van der Waals surface area contributed by atoms with Gasteiger partial charge in [0.25, 0.3) is 0 Å². The van der Waals surface area contributed by atoms with E-state index in [4.69, 9.17) is 10.5 Å². The molecular weight excluding hydrogens is 430 g/mol. The minimum atomic E-state index is -4.04. The zero-order valence-corrected chi connectivity index (χ0v) is 17.7. The number of sulfonamides is 1. The summed E-state index contributed by atoms with van der Waals surface area (Å²) in [6.07, 6.45) is 1.42. The van der Waals surface area contributed by atoms with Crippen LogP contribution in [0.1, 0.15) is 5.56 Å². The van der Waals surface area contributed by atoms with Crippen molar-refractivity contribution in [2.24, 2.45) is 5.73 Å². The summed E-state index contributed by atoms with van der Waals surface area (Å²) in [6.45, 7) is 0. The number of benzene rings is 3. The van der Waals surface area contributed by atoms with Crippen LogP contribution in [0.4, 0.5) is 0 Å².